The number of piperidine rings is 1. The van der Waals surface area contributed by atoms with E-state index in [2.05, 4.69) is 67.9 Å². The Kier molecular flexibility index (Phi) is 11.6. The highest BCUT2D eigenvalue weighted by Crippen LogP contribution is 2.54. The van der Waals surface area contributed by atoms with Gasteiger partial charge < -0.3 is 34.9 Å². The number of sulfonamides is 1. The Hall–Kier alpha value is -5.91. The molecule has 5 aliphatic rings. The van der Waals surface area contributed by atoms with Crippen molar-refractivity contribution in [3.05, 3.63) is 99.7 Å². The molecule has 0 unspecified atom stereocenters. The van der Waals surface area contributed by atoms with E-state index in [4.69, 9.17) is 9.47 Å². The molecule has 17 heteroatoms. The maximum atomic E-state index is 14.1. The molecule has 5 aromatic rings. The Morgan fingerprint density at radius 3 is 2.51 bits per heavy atom. The third-order valence-electron chi connectivity index (χ3n) is 15.4. The number of H-pyrrole nitrogens is 1. The number of hydrogen-bond acceptors (Lipinski definition) is 13. The van der Waals surface area contributed by atoms with Gasteiger partial charge in [0.25, 0.3) is 27.5 Å². The minimum absolute atomic E-state index is 0.0119. The number of aromatic amines is 1. The first-order valence-electron chi connectivity index (χ1n) is 23.7. The second-order valence-electron chi connectivity index (χ2n) is 20.1. The fourth-order valence-electron chi connectivity index (χ4n) is 11.5. The van der Waals surface area contributed by atoms with Crippen LogP contribution in [0.4, 0.5) is 17.1 Å². The van der Waals surface area contributed by atoms with Gasteiger partial charge in [-0.05, 0) is 130 Å². The number of fused-ring (bicyclic) bond motifs is 2. The first kappa shape index (κ1) is 44.9. The molecule has 5 N–H and O–H groups in total. The molecule has 16 nitrogen and oxygen atoms in total. The zero-order chi connectivity index (χ0) is 46.8. The van der Waals surface area contributed by atoms with Gasteiger partial charge in [-0.2, -0.15) is 4.98 Å². The van der Waals surface area contributed by atoms with Crippen LogP contribution in [0.25, 0.3) is 11.0 Å². The Labute approximate surface area is 390 Å². The van der Waals surface area contributed by atoms with Gasteiger partial charge in [0.05, 0.1) is 27.0 Å². The van der Waals surface area contributed by atoms with Crippen molar-refractivity contribution in [2.24, 2.45) is 11.3 Å². The number of aromatic hydroxyl groups is 1. The van der Waals surface area contributed by atoms with Crippen molar-refractivity contribution in [1.82, 2.24) is 19.6 Å². The van der Waals surface area contributed by atoms with Crippen molar-refractivity contribution in [1.29, 1.82) is 0 Å². The smallest absolute Gasteiger partial charge is 0.297 e. The molecular formula is C50H59N7O9S. The molecule has 2 saturated carbocycles. The van der Waals surface area contributed by atoms with Crippen LogP contribution in [-0.2, 0) is 10.0 Å². The molecule has 0 bridgehead atoms. The van der Waals surface area contributed by atoms with Crippen molar-refractivity contribution in [3.8, 4) is 23.1 Å². The summed E-state index contributed by atoms with van der Waals surface area (Å²) in [4.78, 5) is 37.5. The molecule has 2 aromatic heterocycles. The van der Waals surface area contributed by atoms with E-state index in [1.54, 1.807) is 37.4 Å². The lowest BCUT2D eigenvalue weighted by atomic mass is 9.59. The van der Waals surface area contributed by atoms with Gasteiger partial charge in [0.2, 0.25) is 0 Å². The number of nitrogens with one attached hydrogen (secondary N) is 3. The predicted octanol–water partition coefficient (Wildman–Crippen LogP) is 8.91. The monoisotopic (exact) mass is 933 g/mol. The number of anilines is 2. The van der Waals surface area contributed by atoms with Crippen molar-refractivity contribution in [2.75, 3.05) is 36.5 Å². The SMILES string of the molecule is CC(C)c1ccccc1[C@@H]1CCCN1C1CC2(CCN(c3ccc(C(=O)NS(=O)(=O)c4cc5c(c([N+](=O)[O-])c4)N[C@@H]([C@H]4CC[C@](C)(O)CC4)CO5)c(Oc4cc5cc[nH]c5nc4O)c3)CC2)C1. The molecule has 2 aliphatic carbocycles. The topological polar surface area (TPSA) is 212 Å². The minimum Gasteiger partial charge on any atom is -0.491 e. The number of likely N-dealkylation sites (tertiary alicyclic amines) is 1. The van der Waals surface area contributed by atoms with Gasteiger partial charge in [-0.15, -0.1) is 0 Å². The fourth-order valence-corrected chi connectivity index (χ4v) is 12.5. The maximum absolute atomic E-state index is 14.1. The number of benzene rings is 3. The molecule has 10 rings (SSSR count). The number of amides is 1. The van der Waals surface area contributed by atoms with E-state index in [9.17, 15) is 33.5 Å². The summed E-state index contributed by atoms with van der Waals surface area (Å²) in [6, 6.07) is 20.0. The maximum Gasteiger partial charge on any atom is 0.297 e. The first-order valence-corrected chi connectivity index (χ1v) is 25.1. The van der Waals surface area contributed by atoms with Crippen LogP contribution in [-0.4, -0.2) is 88.3 Å². The number of aromatic nitrogens is 2. The summed E-state index contributed by atoms with van der Waals surface area (Å²) in [6.07, 6.45) is 11.0. The molecule has 0 radical (unpaired) electrons. The summed E-state index contributed by atoms with van der Waals surface area (Å²) in [5.74, 6) is -0.978. The molecule has 354 valence electrons. The largest absolute Gasteiger partial charge is 0.491 e. The number of ether oxygens (including phenoxy) is 2. The van der Waals surface area contributed by atoms with Gasteiger partial charge in [0, 0.05) is 60.6 Å². The van der Waals surface area contributed by atoms with E-state index in [0.29, 0.717) is 54.7 Å². The van der Waals surface area contributed by atoms with Crippen molar-refractivity contribution in [3.63, 3.8) is 0 Å². The van der Waals surface area contributed by atoms with Crippen molar-refractivity contribution < 1.29 is 37.8 Å². The lowest BCUT2D eigenvalue weighted by Gasteiger charge is -2.56. The number of carbonyl (C=O) groups excluding carboxylic acids is 1. The highest BCUT2D eigenvalue weighted by Gasteiger charge is 2.50. The number of rotatable bonds is 11. The van der Waals surface area contributed by atoms with E-state index in [1.807, 2.05) is 0 Å². The van der Waals surface area contributed by atoms with E-state index in [-0.39, 0.29) is 52.5 Å². The lowest BCUT2D eigenvalue weighted by molar-refractivity contribution is -0.384. The van der Waals surface area contributed by atoms with Gasteiger partial charge in [0.15, 0.2) is 17.2 Å². The minimum atomic E-state index is -4.71. The van der Waals surface area contributed by atoms with Gasteiger partial charge in [-0.1, -0.05) is 38.1 Å². The van der Waals surface area contributed by atoms with Crippen LogP contribution in [0.3, 0.4) is 0 Å². The Morgan fingerprint density at radius 1 is 1.00 bits per heavy atom. The number of nitro groups is 1. The number of pyridine rings is 1. The van der Waals surface area contributed by atoms with E-state index in [1.165, 1.54) is 48.9 Å². The summed E-state index contributed by atoms with van der Waals surface area (Å²) in [5.41, 5.74) is 3.03. The standard InChI is InChI=1S/C50H59N7O9S/c1-30(2)36-7-4-5-8-37(36)40-9-6-20-56(40)34-27-50(28-34)17-21-55(22-18-50)33-10-11-38(42(24-33)66-44-23-32-14-19-51-46(32)53-48(44)59)47(58)54-67(63,64)35-25-41(57(61)62)45-43(26-35)65-29-39(52-45)31-12-15-49(3,60)16-13-31/h4-5,7-8,10-11,14,19,23-26,30-31,34,39-40,52,60H,6,9,12-13,15-18,20-22,27-29H2,1-3H3,(H,54,58)(H2,51,53,59)/t31-,39-,40+,49-/m1/s1. The second-order valence-corrected chi connectivity index (χ2v) is 21.8. The summed E-state index contributed by atoms with van der Waals surface area (Å²) in [5, 5.41) is 37.6. The van der Waals surface area contributed by atoms with Crippen LogP contribution >= 0.6 is 0 Å². The fraction of sp³-hybridized carbons (Fsp3) is 0.480. The highest BCUT2D eigenvalue weighted by atomic mass is 32.2. The Balaban J connectivity index is 0.866. The van der Waals surface area contributed by atoms with Crippen LogP contribution in [0, 0.1) is 21.4 Å². The highest BCUT2D eigenvalue weighted by molar-refractivity contribution is 7.90. The number of carbonyl (C=O) groups is 1. The van der Waals surface area contributed by atoms with Crippen molar-refractivity contribution >= 4 is 44.0 Å². The quantitative estimate of drug-likeness (QED) is 0.0619. The van der Waals surface area contributed by atoms with Gasteiger partial charge >= 0.3 is 0 Å². The van der Waals surface area contributed by atoms with Crippen molar-refractivity contribution in [2.45, 2.75) is 120 Å². The summed E-state index contributed by atoms with van der Waals surface area (Å²) >= 11 is 0. The van der Waals surface area contributed by atoms with Crippen LogP contribution in [0.15, 0.2) is 77.8 Å². The van der Waals surface area contributed by atoms with Crippen LogP contribution in [0.5, 0.6) is 23.1 Å². The summed E-state index contributed by atoms with van der Waals surface area (Å²) < 4.78 is 42.3. The molecule has 5 heterocycles. The number of nitro benzene ring substituents is 1. The molecule has 1 spiro atoms. The van der Waals surface area contributed by atoms with E-state index >= 15 is 0 Å². The van der Waals surface area contributed by atoms with Gasteiger partial charge in [-0.3, -0.25) is 19.8 Å². The normalized spacial score (nSPS) is 24.2. The van der Waals surface area contributed by atoms with Crippen LogP contribution in [0.2, 0.25) is 0 Å². The van der Waals surface area contributed by atoms with Gasteiger partial charge in [-0.25, -0.2) is 13.1 Å². The summed E-state index contributed by atoms with van der Waals surface area (Å²) in [6.45, 7) is 9.19. The Bertz CT molecular complexity index is 2820. The average molecular weight is 934 g/mol. The third-order valence-corrected chi connectivity index (χ3v) is 16.7. The number of hydrogen-bond donors (Lipinski definition) is 5. The molecular weight excluding hydrogens is 875 g/mol. The molecule has 3 aliphatic heterocycles. The second kappa shape index (κ2) is 17.3. The molecule has 3 aromatic carbocycles. The van der Waals surface area contributed by atoms with E-state index < -0.39 is 42.9 Å². The zero-order valence-electron chi connectivity index (χ0n) is 38.2. The number of aliphatic hydroxyl groups is 1. The van der Waals surface area contributed by atoms with E-state index in [0.717, 1.165) is 44.2 Å². The molecule has 2 saturated heterocycles. The zero-order valence-corrected chi connectivity index (χ0v) is 39.0. The molecule has 2 atom stereocenters. The van der Waals surface area contributed by atoms with Crippen LogP contribution in [0.1, 0.15) is 118 Å². The van der Waals surface area contributed by atoms with Gasteiger partial charge in [0.1, 0.15) is 18.0 Å². The van der Waals surface area contributed by atoms with Crippen LogP contribution < -0.4 is 24.4 Å². The molecule has 4 fully saturated rings. The Morgan fingerprint density at radius 2 is 1.76 bits per heavy atom. The molecule has 67 heavy (non-hydrogen) atoms. The third kappa shape index (κ3) is 8.77. The molecule has 1 amide bonds. The average Bonchev–Trinajstić information content (AvgIpc) is 3.97. The number of nitrogens with zero attached hydrogens (tertiary/aromatic N) is 4. The predicted molar refractivity (Wildman–Crippen MR) is 254 cm³/mol. The summed E-state index contributed by atoms with van der Waals surface area (Å²) in [7, 11) is -4.71. The lowest BCUT2D eigenvalue weighted by Crippen LogP contribution is -2.54. The first-order chi connectivity index (χ1) is 32.1.